The molecule has 0 aromatic rings. The van der Waals surface area contributed by atoms with Crippen LogP contribution in [-0.4, -0.2) is 74.4 Å². The minimum Gasteiger partial charge on any atom is -0.453 e. The quantitative estimate of drug-likeness (QED) is 0.225. The molecule has 0 spiro atoms. The summed E-state index contributed by atoms with van der Waals surface area (Å²) in [6.45, 7) is 5.95. The van der Waals surface area contributed by atoms with Crippen molar-refractivity contribution in [2.75, 3.05) is 6.61 Å². The van der Waals surface area contributed by atoms with E-state index in [0.717, 1.165) is 0 Å². The first-order chi connectivity index (χ1) is 11.1. The Labute approximate surface area is 140 Å². The molecule has 1 saturated heterocycles. The smallest absolute Gasteiger partial charge is 0.336 e. The molecule has 8 heteroatoms. The van der Waals surface area contributed by atoms with Gasteiger partial charge in [0.2, 0.25) is 0 Å². The van der Waals surface area contributed by atoms with Crippen molar-refractivity contribution in [3.8, 4) is 0 Å². The van der Waals surface area contributed by atoms with E-state index < -0.39 is 48.9 Å². The summed E-state index contributed by atoms with van der Waals surface area (Å²) in [5, 5.41) is 48.0. The second kappa shape index (κ2) is 8.70. The number of aliphatic hydroxyl groups excluding tert-OH is 4. The third-order valence-corrected chi connectivity index (χ3v) is 3.95. The first-order valence-corrected chi connectivity index (χ1v) is 7.69. The van der Waals surface area contributed by atoms with Crippen molar-refractivity contribution >= 4 is 5.97 Å². The highest BCUT2D eigenvalue weighted by Gasteiger charge is 2.44. The standard InChI is InChI=1S/C16H26O8/c1-4-16(3,22)7-5-6-10(8-17)14(20)24-13-9(2)23-15(21)12(19)11(13)18/h4,6,9,11-13,15,17-19,21-22H,1,5,7-8H2,2-3H3/b10-6+/t9-,11-,12-,13-,15+,16-/m1/s1. The highest BCUT2D eigenvalue weighted by molar-refractivity contribution is 5.88. The number of ether oxygens (including phenoxy) is 2. The maximum atomic E-state index is 12.1. The van der Waals surface area contributed by atoms with Crippen LogP contribution < -0.4 is 0 Å². The molecular weight excluding hydrogens is 320 g/mol. The summed E-state index contributed by atoms with van der Waals surface area (Å²) in [6.07, 6.45) is -3.34. The van der Waals surface area contributed by atoms with Crippen LogP contribution >= 0.6 is 0 Å². The molecule has 5 N–H and O–H groups in total. The second-order valence-corrected chi connectivity index (χ2v) is 6.07. The molecule has 0 aromatic carbocycles. The van der Waals surface area contributed by atoms with Crippen molar-refractivity contribution < 1.29 is 39.8 Å². The number of rotatable bonds is 7. The van der Waals surface area contributed by atoms with Gasteiger partial charge < -0.3 is 35.0 Å². The van der Waals surface area contributed by atoms with E-state index in [0.29, 0.717) is 12.8 Å². The summed E-state index contributed by atoms with van der Waals surface area (Å²) < 4.78 is 10.1. The van der Waals surface area contributed by atoms with E-state index in [9.17, 15) is 30.3 Å². The molecule has 1 aliphatic rings. The molecule has 1 heterocycles. The van der Waals surface area contributed by atoms with Gasteiger partial charge in [0.1, 0.15) is 12.2 Å². The molecule has 138 valence electrons. The van der Waals surface area contributed by atoms with Crippen LogP contribution in [0.15, 0.2) is 24.3 Å². The van der Waals surface area contributed by atoms with E-state index in [1.807, 2.05) is 0 Å². The summed E-state index contributed by atoms with van der Waals surface area (Å²) in [5.41, 5.74) is -1.14. The van der Waals surface area contributed by atoms with Crippen molar-refractivity contribution in [1.82, 2.24) is 0 Å². The lowest BCUT2D eigenvalue weighted by molar-refractivity contribution is -0.280. The first kappa shape index (κ1) is 20.8. The van der Waals surface area contributed by atoms with Crippen LogP contribution in [0.5, 0.6) is 0 Å². The van der Waals surface area contributed by atoms with Gasteiger partial charge in [0.15, 0.2) is 12.4 Å². The minimum atomic E-state index is -1.61. The molecule has 1 aliphatic heterocycles. The molecule has 0 unspecified atom stereocenters. The fourth-order valence-electron chi connectivity index (χ4n) is 2.24. The Kier molecular flexibility index (Phi) is 7.53. The van der Waals surface area contributed by atoms with Gasteiger partial charge >= 0.3 is 5.97 Å². The second-order valence-electron chi connectivity index (χ2n) is 6.07. The summed E-state index contributed by atoms with van der Waals surface area (Å²) in [4.78, 5) is 12.1. The number of aliphatic hydroxyl groups is 5. The van der Waals surface area contributed by atoms with Gasteiger partial charge in [0, 0.05) is 0 Å². The lowest BCUT2D eigenvalue weighted by Crippen LogP contribution is -2.58. The Balaban J connectivity index is 2.71. The molecule has 24 heavy (non-hydrogen) atoms. The molecule has 0 amide bonds. The molecule has 0 radical (unpaired) electrons. The van der Waals surface area contributed by atoms with Crippen molar-refractivity contribution in [2.45, 2.75) is 63.0 Å². The average Bonchev–Trinajstić information content (AvgIpc) is 2.53. The Hall–Kier alpha value is -1.29. The average molecular weight is 346 g/mol. The molecular formula is C16H26O8. The minimum absolute atomic E-state index is 0.0464. The fraction of sp³-hybridized carbons (Fsp3) is 0.688. The van der Waals surface area contributed by atoms with Gasteiger partial charge in [0.05, 0.1) is 23.9 Å². The van der Waals surface area contributed by atoms with Crippen molar-refractivity contribution in [3.63, 3.8) is 0 Å². The van der Waals surface area contributed by atoms with Crippen molar-refractivity contribution in [2.24, 2.45) is 0 Å². The lowest BCUT2D eigenvalue weighted by atomic mass is 9.99. The monoisotopic (exact) mass is 346 g/mol. The summed E-state index contributed by atoms with van der Waals surface area (Å²) in [6, 6.07) is 0. The molecule has 8 nitrogen and oxygen atoms in total. The number of allylic oxidation sites excluding steroid dienone is 1. The predicted molar refractivity (Wildman–Crippen MR) is 83.7 cm³/mol. The fourth-order valence-corrected chi connectivity index (χ4v) is 2.24. The van der Waals surface area contributed by atoms with Crippen molar-refractivity contribution in [3.05, 3.63) is 24.3 Å². The number of esters is 1. The van der Waals surface area contributed by atoms with Crippen LogP contribution in [0.25, 0.3) is 0 Å². The third-order valence-electron chi connectivity index (χ3n) is 3.95. The maximum Gasteiger partial charge on any atom is 0.336 e. The molecule has 1 rings (SSSR count). The number of hydrogen-bond acceptors (Lipinski definition) is 8. The van der Waals surface area contributed by atoms with Crippen LogP contribution in [0, 0.1) is 0 Å². The summed E-state index contributed by atoms with van der Waals surface area (Å²) in [5.74, 6) is -0.876. The van der Waals surface area contributed by atoms with Gasteiger partial charge in [-0.3, -0.25) is 0 Å². The summed E-state index contributed by atoms with van der Waals surface area (Å²) in [7, 11) is 0. The Bertz CT molecular complexity index is 473. The number of carbonyl (C=O) groups is 1. The van der Waals surface area contributed by atoms with Crippen LogP contribution in [0.2, 0.25) is 0 Å². The van der Waals surface area contributed by atoms with Gasteiger partial charge in [0.25, 0.3) is 0 Å². The third kappa shape index (κ3) is 5.37. The van der Waals surface area contributed by atoms with E-state index in [-0.39, 0.29) is 5.57 Å². The topological polar surface area (TPSA) is 137 Å². The Morgan fingerprint density at radius 1 is 1.33 bits per heavy atom. The largest absolute Gasteiger partial charge is 0.453 e. The Morgan fingerprint density at radius 3 is 2.50 bits per heavy atom. The van der Waals surface area contributed by atoms with Gasteiger partial charge in [-0.25, -0.2) is 4.79 Å². The van der Waals surface area contributed by atoms with E-state index in [2.05, 4.69) is 6.58 Å². The number of carbonyl (C=O) groups excluding carboxylic acids is 1. The zero-order chi connectivity index (χ0) is 18.5. The predicted octanol–water partition coefficient (Wildman–Crippen LogP) is -1.01. The van der Waals surface area contributed by atoms with Crippen LogP contribution in [0.3, 0.4) is 0 Å². The normalized spacial score (nSPS) is 33.6. The molecule has 1 fully saturated rings. The zero-order valence-corrected chi connectivity index (χ0v) is 13.8. The van der Waals surface area contributed by atoms with Crippen LogP contribution in [-0.2, 0) is 14.3 Å². The van der Waals surface area contributed by atoms with Gasteiger partial charge in [-0.15, -0.1) is 6.58 Å². The Morgan fingerprint density at radius 2 is 1.96 bits per heavy atom. The van der Waals surface area contributed by atoms with Crippen LogP contribution in [0.1, 0.15) is 26.7 Å². The zero-order valence-electron chi connectivity index (χ0n) is 13.8. The van der Waals surface area contributed by atoms with E-state index in [4.69, 9.17) is 9.47 Å². The van der Waals surface area contributed by atoms with E-state index in [1.165, 1.54) is 19.1 Å². The van der Waals surface area contributed by atoms with Gasteiger partial charge in [-0.1, -0.05) is 12.2 Å². The number of hydrogen-bond donors (Lipinski definition) is 5. The lowest BCUT2D eigenvalue weighted by Gasteiger charge is -2.38. The van der Waals surface area contributed by atoms with E-state index in [1.54, 1.807) is 6.92 Å². The molecule has 0 aliphatic carbocycles. The molecule has 0 aromatic heterocycles. The van der Waals surface area contributed by atoms with Crippen LogP contribution in [0.4, 0.5) is 0 Å². The van der Waals surface area contributed by atoms with Gasteiger partial charge in [-0.05, 0) is 26.7 Å². The molecule has 0 bridgehead atoms. The molecule has 6 atom stereocenters. The highest BCUT2D eigenvalue weighted by Crippen LogP contribution is 2.23. The first-order valence-electron chi connectivity index (χ1n) is 7.69. The summed E-state index contributed by atoms with van der Waals surface area (Å²) >= 11 is 0. The SMILES string of the molecule is C=C[C@@](C)(O)CC/C=C(\CO)C(=O)O[C@H]1[C@H](O)[C@@H](O)[C@@H](O)O[C@@H]1C. The maximum absolute atomic E-state index is 12.1. The van der Waals surface area contributed by atoms with E-state index >= 15 is 0 Å². The van der Waals surface area contributed by atoms with Gasteiger partial charge in [-0.2, -0.15) is 0 Å². The van der Waals surface area contributed by atoms with Crippen molar-refractivity contribution in [1.29, 1.82) is 0 Å². The molecule has 0 saturated carbocycles. The highest BCUT2D eigenvalue weighted by atomic mass is 16.7.